The molecule has 0 bridgehead atoms. The molecule has 2 atom stereocenters. The van der Waals surface area contributed by atoms with Gasteiger partial charge < -0.3 is 14.2 Å². The van der Waals surface area contributed by atoms with E-state index in [0.717, 1.165) is 69.6 Å². The van der Waals surface area contributed by atoms with Crippen LogP contribution in [0.3, 0.4) is 0 Å². The molecule has 6 nitrogen and oxygen atoms in total. The maximum atomic E-state index is 12.8. The van der Waals surface area contributed by atoms with Crippen molar-refractivity contribution in [2.24, 2.45) is 11.8 Å². The summed E-state index contributed by atoms with van der Waals surface area (Å²) < 4.78 is 16.8. The molecule has 0 rings (SSSR count). The van der Waals surface area contributed by atoms with Crippen molar-refractivity contribution >= 4 is 17.9 Å². The van der Waals surface area contributed by atoms with Crippen LogP contribution in [0.4, 0.5) is 0 Å². The predicted molar refractivity (Wildman–Crippen MR) is 256 cm³/mol. The highest BCUT2D eigenvalue weighted by atomic mass is 16.6. The van der Waals surface area contributed by atoms with Crippen molar-refractivity contribution < 1.29 is 28.6 Å². The Labute approximate surface area is 374 Å². The van der Waals surface area contributed by atoms with E-state index in [1.807, 2.05) is 0 Å². The second kappa shape index (κ2) is 46.9. The van der Waals surface area contributed by atoms with E-state index in [4.69, 9.17) is 14.2 Å². The van der Waals surface area contributed by atoms with Crippen LogP contribution in [-0.4, -0.2) is 37.2 Å². The first-order valence-electron chi connectivity index (χ1n) is 26.8. The lowest BCUT2D eigenvalue weighted by atomic mass is 9.99. The average molecular weight is 849 g/mol. The first-order chi connectivity index (χ1) is 29.3. The highest BCUT2D eigenvalue weighted by Crippen LogP contribution is 2.18. The summed E-state index contributed by atoms with van der Waals surface area (Å²) in [6.45, 7) is 11.4. The van der Waals surface area contributed by atoms with Crippen molar-refractivity contribution in [2.75, 3.05) is 13.2 Å². The van der Waals surface area contributed by atoms with Crippen molar-refractivity contribution in [1.29, 1.82) is 0 Å². The number of esters is 3. The molecule has 0 aromatic rings. The molecule has 6 heteroatoms. The first kappa shape index (κ1) is 58.4. The van der Waals surface area contributed by atoms with Crippen LogP contribution in [0.5, 0.6) is 0 Å². The Hall–Kier alpha value is -1.59. The van der Waals surface area contributed by atoms with Crippen LogP contribution in [0.15, 0.2) is 0 Å². The molecule has 1 unspecified atom stereocenters. The summed E-state index contributed by atoms with van der Waals surface area (Å²) >= 11 is 0. The molecule has 0 aliphatic heterocycles. The molecule has 0 aromatic carbocycles. The summed E-state index contributed by atoms with van der Waals surface area (Å²) in [6.07, 6.45) is 48.1. The van der Waals surface area contributed by atoms with Crippen molar-refractivity contribution in [2.45, 2.75) is 304 Å². The van der Waals surface area contributed by atoms with Gasteiger partial charge in [0, 0.05) is 19.3 Å². The second-order valence-corrected chi connectivity index (χ2v) is 19.2. The van der Waals surface area contributed by atoms with Gasteiger partial charge >= 0.3 is 17.9 Å². The van der Waals surface area contributed by atoms with Crippen LogP contribution in [0, 0.1) is 11.8 Å². The van der Waals surface area contributed by atoms with Crippen LogP contribution < -0.4 is 0 Å². The fourth-order valence-corrected chi connectivity index (χ4v) is 8.13. The van der Waals surface area contributed by atoms with Gasteiger partial charge in [0.15, 0.2) is 6.10 Å². The van der Waals surface area contributed by atoms with Gasteiger partial charge in [-0.15, -0.1) is 0 Å². The minimum absolute atomic E-state index is 0.0643. The molecule has 0 saturated heterocycles. The maximum Gasteiger partial charge on any atom is 0.306 e. The molecule has 60 heavy (non-hydrogen) atoms. The van der Waals surface area contributed by atoms with Crippen molar-refractivity contribution in [3.63, 3.8) is 0 Å². The molecular weight excluding hydrogens is 745 g/mol. The zero-order valence-electron chi connectivity index (χ0n) is 41.1. The van der Waals surface area contributed by atoms with E-state index in [0.29, 0.717) is 19.3 Å². The van der Waals surface area contributed by atoms with Crippen LogP contribution in [0.2, 0.25) is 0 Å². The van der Waals surface area contributed by atoms with Gasteiger partial charge in [0.2, 0.25) is 0 Å². The van der Waals surface area contributed by atoms with E-state index in [2.05, 4.69) is 34.6 Å². The SMILES string of the molecule is CCCCCCCCCCCCCCCCCCCCCC(=O)OC[C@H](COC(=O)CCCCCCCCCCC(C)CC)OC(=O)CCCCCCCCCCC(C)C. The van der Waals surface area contributed by atoms with Crippen molar-refractivity contribution in [3.05, 3.63) is 0 Å². The lowest BCUT2D eigenvalue weighted by Crippen LogP contribution is -2.30. The zero-order chi connectivity index (χ0) is 44.0. The molecule has 0 aliphatic rings. The van der Waals surface area contributed by atoms with Gasteiger partial charge in [-0.05, 0) is 31.1 Å². The van der Waals surface area contributed by atoms with Gasteiger partial charge in [0.05, 0.1) is 0 Å². The lowest BCUT2D eigenvalue weighted by molar-refractivity contribution is -0.167. The van der Waals surface area contributed by atoms with E-state index in [1.165, 1.54) is 186 Å². The Morgan fingerprint density at radius 3 is 0.950 bits per heavy atom. The third-order valence-electron chi connectivity index (χ3n) is 12.6. The topological polar surface area (TPSA) is 78.9 Å². The molecule has 0 radical (unpaired) electrons. The normalized spacial score (nSPS) is 12.5. The van der Waals surface area contributed by atoms with Gasteiger partial charge in [-0.2, -0.15) is 0 Å². The number of carbonyl (C=O) groups is 3. The smallest absolute Gasteiger partial charge is 0.306 e. The third kappa shape index (κ3) is 45.9. The molecule has 0 N–H and O–H groups in total. The van der Waals surface area contributed by atoms with Gasteiger partial charge in [-0.25, -0.2) is 0 Å². The highest BCUT2D eigenvalue weighted by Gasteiger charge is 2.19. The first-order valence-corrected chi connectivity index (χ1v) is 26.8. The number of hydrogen-bond donors (Lipinski definition) is 0. The van der Waals surface area contributed by atoms with E-state index in [9.17, 15) is 14.4 Å². The van der Waals surface area contributed by atoms with Gasteiger partial charge in [0.1, 0.15) is 13.2 Å². The molecule has 0 heterocycles. The van der Waals surface area contributed by atoms with Crippen LogP contribution in [-0.2, 0) is 28.6 Å². The van der Waals surface area contributed by atoms with Gasteiger partial charge in [0.25, 0.3) is 0 Å². The number of rotatable bonds is 48. The molecular formula is C54H104O6. The highest BCUT2D eigenvalue weighted by molar-refractivity contribution is 5.71. The minimum atomic E-state index is -0.762. The fraction of sp³-hybridized carbons (Fsp3) is 0.944. The fourth-order valence-electron chi connectivity index (χ4n) is 8.13. The van der Waals surface area contributed by atoms with E-state index < -0.39 is 6.10 Å². The van der Waals surface area contributed by atoms with Crippen molar-refractivity contribution in [3.8, 4) is 0 Å². The number of carbonyl (C=O) groups excluding carboxylic acids is 3. The monoisotopic (exact) mass is 849 g/mol. The molecule has 0 fully saturated rings. The van der Waals surface area contributed by atoms with E-state index in [1.54, 1.807) is 0 Å². The molecule has 0 aromatic heterocycles. The Balaban J connectivity index is 4.24. The molecule has 0 spiro atoms. The van der Waals surface area contributed by atoms with E-state index in [-0.39, 0.29) is 31.1 Å². The Morgan fingerprint density at radius 1 is 0.350 bits per heavy atom. The Morgan fingerprint density at radius 2 is 0.633 bits per heavy atom. The summed E-state index contributed by atoms with van der Waals surface area (Å²) in [7, 11) is 0. The lowest BCUT2D eigenvalue weighted by Gasteiger charge is -2.18. The van der Waals surface area contributed by atoms with Crippen LogP contribution >= 0.6 is 0 Å². The second-order valence-electron chi connectivity index (χ2n) is 19.2. The Kier molecular flexibility index (Phi) is 45.7. The molecule has 0 amide bonds. The standard InChI is InChI=1S/C54H104O6/c1-6-8-9-10-11-12-13-14-15-16-17-18-19-20-21-22-29-34-39-44-52(55)58-47-51(60-54(57)46-41-36-31-25-23-27-32-37-42-49(3)4)48-59-53(56)45-40-35-30-26-24-28-33-38-43-50(5)7-2/h49-51H,6-48H2,1-5H3/t50?,51-/m1/s1. The number of hydrogen-bond acceptors (Lipinski definition) is 6. The van der Waals surface area contributed by atoms with Crippen LogP contribution in [0.25, 0.3) is 0 Å². The Bertz CT molecular complexity index is 918. The minimum Gasteiger partial charge on any atom is -0.462 e. The zero-order valence-corrected chi connectivity index (χ0v) is 41.1. The molecule has 0 aliphatic carbocycles. The largest absolute Gasteiger partial charge is 0.462 e. The number of unbranched alkanes of at least 4 members (excludes halogenated alkanes) is 32. The average Bonchev–Trinajstić information content (AvgIpc) is 3.23. The predicted octanol–water partition coefficient (Wildman–Crippen LogP) is 17.3. The van der Waals surface area contributed by atoms with Crippen LogP contribution in [0.1, 0.15) is 298 Å². The summed E-state index contributed by atoms with van der Waals surface area (Å²) in [6, 6.07) is 0. The maximum absolute atomic E-state index is 12.8. The summed E-state index contributed by atoms with van der Waals surface area (Å²) in [5.41, 5.74) is 0. The summed E-state index contributed by atoms with van der Waals surface area (Å²) in [5, 5.41) is 0. The summed E-state index contributed by atoms with van der Waals surface area (Å²) in [4.78, 5) is 37.9. The molecule has 0 saturated carbocycles. The quantitative estimate of drug-likeness (QED) is 0.0345. The third-order valence-corrected chi connectivity index (χ3v) is 12.6. The molecule has 356 valence electrons. The van der Waals surface area contributed by atoms with Gasteiger partial charge in [-0.1, -0.05) is 259 Å². The number of ether oxygens (including phenoxy) is 3. The van der Waals surface area contributed by atoms with Crippen molar-refractivity contribution in [1.82, 2.24) is 0 Å². The van der Waals surface area contributed by atoms with E-state index >= 15 is 0 Å². The van der Waals surface area contributed by atoms with Gasteiger partial charge in [-0.3, -0.25) is 14.4 Å². The summed E-state index contributed by atoms with van der Waals surface area (Å²) in [5.74, 6) is 0.790.